The summed E-state index contributed by atoms with van der Waals surface area (Å²) in [6.45, 7) is 8.27. The lowest BCUT2D eigenvalue weighted by Gasteiger charge is -2.13. The molecule has 1 N–H and O–H groups in total. The van der Waals surface area contributed by atoms with Crippen LogP contribution in [0.1, 0.15) is 24.5 Å². The molecule has 0 aliphatic carbocycles. The van der Waals surface area contributed by atoms with E-state index in [1.165, 1.54) is 19.2 Å². The van der Waals surface area contributed by atoms with Crippen LogP contribution in [0.25, 0.3) is 0 Å². The number of carbonyl (C=O) groups excluding carboxylic acids is 1. The van der Waals surface area contributed by atoms with Crippen LogP contribution in [-0.2, 0) is 9.53 Å². The third-order valence-corrected chi connectivity index (χ3v) is 6.04. The Morgan fingerprint density at radius 3 is 2.67 bits per heavy atom. The van der Waals surface area contributed by atoms with Gasteiger partial charge in [-0.15, -0.1) is 5.54 Å². The second-order valence-corrected chi connectivity index (χ2v) is 10.7. The Bertz CT molecular complexity index is 666. The Kier molecular flexibility index (Phi) is 7.76. The van der Waals surface area contributed by atoms with Crippen LogP contribution in [0.5, 0.6) is 5.75 Å². The number of methoxy groups -OCH3 is 1. The summed E-state index contributed by atoms with van der Waals surface area (Å²) in [4.78, 5) is 11.7. The Hall–Kier alpha value is -2.03. The Labute approximate surface area is 145 Å². The minimum absolute atomic E-state index is 0.0334. The SMILES string of the molecule is CCC[Si](C)(C)C#Cc1ccc(C)c(O/C(=C\CO)C(=O)OC)c1. The van der Waals surface area contributed by atoms with Gasteiger partial charge in [-0.1, -0.05) is 38.4 Å². The zero-order chi connectivity index (χ0) is 18.2. The standard InChI is InChI=1S/C19H26O4Si/c1-6-12-24(4,5)13-10-16-8-7-15(2)18(14-16)23-17(9-11-20)19(21)22-3/h7-9,14,20H,6,11-12H2,1-5H3/b17-9-. The molecule has 0 saturated carbocycles. The topological polar surface area (TPSA) is 55.8 Å². The van der Waals surface area contributed by atoms with E-state index < -0.39 is 14.0 Å². The zero-order valence-electron chi connectivity index (χ0n) is 15.1. The number of ether oxygens (including phenoxy) is 2. The van der Waals surface area contributed by atoms with Crippen LogP contribution < -0.4 is 4.74 Å². The maximum Gasteiger partial charge on any atom is 0.373 e. The molecule has 0 unspecified atom stereocenters. The third kappa shape index (κ3) is 6.23. The van der Waals surface area contributed by atoms with Crippen molar-refractivity contribution in [1.29, 1.82) is 0 Å². The maximum absolute atomic E-state index is 11.7. The fourth-order valence-corrected chi connectivity index (χ4v) is 4.04. The average Bonchev–Trinajstić information content (AvgIpc) is 2.54. The van der Waals surface area contributed by atoms with Gasteiger partial charge in [0, 0.05) is 5.56 Å². The molecule has 0 saturated heterocycles. The molecule has 1 rings (SSSR count). The maximum atomic E-state index is 11.7. The molecule has 0 aliphatic heterocycles. The molecule has 0 aromatic heterocycles. The van der Waals surface area contributed by atoms with Crippen molar-refractivity contribution in [3.63, 3.8) is 0 Å². The number of aryl methyl sites for hydroxylation is 1. The smallest absolute Gasteiger partial charge is 0.373 e. The van der Waals surface area contributed by atoms with Gasteiger partial charge in [0.15, 0.2) is 0 Å². The highest BCUT2D eigenvalue weighted by Gasteiger charge is 2.16. The monoisotopic (exact) mass is 346 g/mol. The summed E-state index contributed by atoms with van der Waals surface area (Å²) in [5.41, 5.74) is 5.14. The molecule has 4 nitrogen and oxygen atoms in total. The van der Waals surface area contributed by atoms with Crippen LogP contribution >= 0.6 is 0 Å². The van der Waals surface area contributed by atoms with E-state index in [1.807, 2.05) is 25.1 Å². The normalized spacial score (nSPS) is 11.5. The van der Waals surface area contributed by atoms with E-state index in [-0.39, 0.29) is 12.4 Å². The molecule has 130 valence electrons. The first-order valence-electron chi connectivity index (χ1n) is 8.04. The van der Waals surface area contributed by atoms with Gasteiger partial charge >= 0.3 is 5.97 Å². The molecule has 0 aliphatic rings. The Morgan fingerprint density at radius 2 is 2.08 bits per heavy atom. The molecule has 1 aromatic rings. The Balaban J connectivity index is 3.08. The van der Waals surface area contributed by atoms with Gasteiger partial charge in [0.1, 0.15) is 13.8 Å². The van der Waals surface area contributed by atoms with Crippen LogP contribution in [-0.4, -0.2) is 32.9 Å². The summed E-state index contributed by atoms with van der Waals surface area (Å²) >= 11 is 0. The van der Waals surface area contributed by atoms with E-state index in [0.29, 0.717) is 5.75 Å². The van der Waals surface area contributed by atoms with Crippen LogP contribution in [0.4, 0.5) is 0 Å². The first-order valence-corrected chi connectivity index (χ1v) is 11.2. The second kappa shape index (κ2) is 9.31. The van der Waals surface area contributed by atoms with Crippen molar-refractivity contribution in [2.75, 3.05) is 13.7 Å². The highest BCUT2D eigenvalue weighted by molar-refractivity contribution is 6.85. The van der Waals surface area contributed by atoms with E-state index >= 15 is 0 Å². The summed E-state index contributed by atoms with van der Waals surface area (Å²) in [5.74, 6) is 3.10. The number of aliphatic hydroxyl groups is 1. The summed E-state index contributed by atoms with van der Waals surface area (Å²) in [6.07, 6.45) is 2.42. The first-order chi connectivity index (χ1) is 11.3. The van der Waals surface area contributed by atoms with Gasteiger partial charge in [0.05, 0.1) is 13.7 Å². The van der Waals surface area contributed by atoms with E-state index in [4.69, 9.17) is 9.84 Å². The molecular formula is C19H26O4Si. The van der Waals surface area contributed by atoms with Crippen LogP contribution in [0, 0.1) is 18.4 Å². The average molecular weight is 346 g/mol. The largest absolute Gasteiger partial charge is 0.463 e. The lowest BCUT2D eigenvalue weighted by Crippen LogP contribution is -2.22. The van der Waals surface area contributed by atoms with Crippen molar-refractivity contribution in [2.24, 2.45) is 0 Å². The highest BCUT2D eigenvalue weighted by atomic mass is 28.3. The molecule has 0 amide bonds. The molecule has 5 heteroatoms. The fourth-order valence-electron chi connectivity index (χ4n) is 2.19. The molecule has 0 fully saturated rings. The van der Waals surface area contributed by atoms with Crippen molar-refractivity contribution >= 4 is 14.0 Å². The van der Waals surface area contributed by atoms with Gasteiger partial charge in [0.2, 0.25) is 5.76 Å². The molecule has 24 heavy (non-hydrogen) atoms. The minimum Gasteiger partial charge on any atom is -0.463 e. The predicted octanol–water partition coefficient (Wildman–Crippen LogP) is 3.43. The van der Waals surface area contributed by atoms with Crippen molar-refractivity contribution in [3.05, 3.63) is 41.2 Å². The quantitative estimate of drug-likeness (QED) is 0.282. The zero-order valence-corrected chi connectivity index (χ0v) is 16.1. The highest BCUT2D eigenvalue weighted by Crippen LogP contribution is 2.22. The van der Waals surface area contributed by atoms with Gasteiger partial charge in [-0.2, -0.15) is 0 Å². The lowest BCUT2D eigenvalue weighted by molar-refractivity contribution is -0.138. The molecule has 0 bridgehead atoms. The van der Waals surface area contributed by atoms with Gasteiger partial charge in [-0.05, 0) is 36.7 Å². The minimum atomic E-state index is -1.51. The van der Waals surface area contributed by atoms with Gasteiger partial charge in [-0.25, -0.2) is 4.79 Å². The van der Waals surface area contributed by atoms with Crippen molar-refractivity contribution in [3.8, 4) is 17.2 Å². The third-order valence-electron chi connectivity index (χ3n) is 3.49. The molecule has 0 radical (unpaired) electrons. The molecule has 0 atom stereocenters. The van der Waals surface area contributed by atoms with Crippen molar-refractivity contribution in [1.82, 2.24) is 0 Å². The molecule has 1 aromatic carbocycles. The second-order valence-electron chi connectivity index (χ2n) is 6.21. The number of hydrogen-bond acceptors (Lipinski definition) is 4. The van der Waals surface area contributed by atoms with E-state index in [2.05, 4.69) is 36.2 Å². The van der Waals surface area contributed by atoms with E-state index in [1.54, 1.807) is 0 Å². The summed E-state index contributed by atoms with van der Waals surface area (Å²) in [7, 11) is -0.236. The summed E-state index contributed by atoms with van der Waals surface area (Å²) in [5, 5.41) is 9.03. The van der Waals surface area contributed by atoms with Crippen molar-refractivity contribution in [2.45, 2.75) is 39.4 Å². The molecule has 0 spiro atoms. The van der Waals surface area contributed by atoms with Gasteiger partial charge in [0.25, 0.3) is 0 Å². The van der Waals surface area contributed by atoms with Crippen LogP contribution in [0.2, 0.25) is 19.1 Å². The van der Waals surface area contributed by atoms with E-state index in [9.17, 15) is 4.79 Å². The number of hydrogen-bond donors (Lipinski definition) is 1. The number of benzene rings is 1. The molecule has 0 heterocycles. The first kappa shape index (κ1) is 20.0. The number of aliphatic hydroxyl groups excluding tert-OH is 1. The summed E-state index contributed by atoms with van der Waals surface area (Å²) in [6, 6.07) is 6.83. The number of carbonyl (C=O) groups is 1. The molecular weight excluding hydrogens is 320 g/mol. The van der Waals surface area contributed by atoms with Gasteiger partial charge in [-0.3, -0.25) is 0 Å². The van der Waals surface area contributed by atoms with Crippen LogP contribution in [0.15, 0.2) is 30.0 Å². The lowest BCUT2D eigenvalue weighted by atomic mass is 10.1. The van der Waals surface area contributed by atoms with E-state index in [0.717, 1.165) is 17.5 Å². The van der Waals surface area contributed by atoms with Crippen molar-refractivity contribution < 1.29 is 19.4 Å². The number of rotatable bonds is 6. The van der Waals surface area contributed by atoms with Gasteiger partial charge < -0.3 is 14.6 Å². The summed E-state index contributed by atoms with van der Waals surface area (Å²) < 4.78 is 10.3. The fraction of sp³-hybridized carbons (Fsp3) is 0.421. The Morgan fingerprint density at radius 1 is 1.38 bits per heavy atom. The predicted molar refractivity (Wildman–Crippen MR) is 98.4 cm³/mol. The number of esters is 1. The van der Waals surface area contributed by atoms with Crippen LogP contribution in [0.3, 0.4) is 0 Å².